The average molecular weight is 379 g/mol. The molecule has 28 heavy (non-hydrogen) atoms. The maximum absolute atomic E-state index is 2.69. The van der Waals surface area contributed by atoms with Gasteiger partial charge in [-0.2, -0.15) is 0 Å². The molecule has 0 aromatic rings. The van der Waals surface area contributed by atoms with Gasteiger partial charge in [0.1, 0.15) is 0 Å². The molecule has 0 heteroatoms. The van der Waals surface area contributed by atoms with Crippen molar-refractivity contribution >= 4 is 0 Å². The molecule has 0 bridgehead atoms. The van der Waals surface area contributed by atoms with Crippen molar-refractivity contribution in [1.82, 2.24) is 0 Å². The first-order valence-corrected chi connectivity index (χ1v) is 12.1. The van der Waals surface area contributed by atoms with Gasteiger partial charge >= 0.3 is 0 Å². The molecule has 4 rings (SSSR count). The molecule has 0 unspecified atom stereocenters. The van der Waals surface area contributed by atoms with Crippen molar-refractivity contribution in [3.8, 4) is 0 Å². The first-order chi connectivity index (χ1) is 13.3. The lowest BCUT2D eigenvalue weighted by Gasteiger charge is -2.50. The van der Waals surface area contributed by atoms with Crippen LogP contribution in [0.1, 0.15) is 86.5 Å². The molecule has 0 aromatic carbocycles. The Hall–Kier alpha value is -1.04. The third-order valence-corrected chi connectivity index (χ3v) is 9.39. The van der Waals surface area contributed by atoms with E-state index in [1.165, 1.54) is 44.9 Å². The monoisotopic (exact) mass is 378 g/mol. The smallest absolute Gasteiger partial charge is 0.0136 e. The molecular formula is C28H42. The van der Waals surface area contributed by atoms with Crippen molar-refractivity contribution in [3.05, 3.63) is 47.1 Å². The van der Waals surface area contributed by atoms with Crippen LogP contribution in [0.15, 0.2) is 47.1 Å². The summed E-state index contributed by atoms with van der Waals surface area (Å²) in [5.41, 5.74) is 5.95. The van der Waals surface area contributed by atoms with Gasteiger partial charge in [-0.3, -0.25) is 0 Å². The number of hydrogen-bond donors (Lipinski definition) is 0. The van der Waals surface area contributed by atoms with Crippen LogP contribution in [0, 0.1) is 40.4 Å². The first kappa shape index (κ1) is 20.2. The third kappa shape index (κ3) is 3.10. The number of allylic oxidation sites excluding steroid dienone is 8. The van der Waals surface area contributed by atoms with E-state index in [9.17, 15) is 0 Å². The molecule has 2 fully saturated rings. The molecule has 0 N–H and O–H groups in total. The summed E-state index contributed by atoms with van der Waals surface area (Å²) in [5, 5.41) is 0. The predicted molar refractivity (Wildman–Crippen MR) is 122 cm³/mol. The molecular weight excluding hydrogens is 336 g/mol. The Morgan fingerprint density at radius 3 is 2.54 bits per heavy atom. The summed E-state index contributed by atoms with van der Waals surface area (Å²) in [7, 11) is 0. The van der Waals surface area contributed by atoms with Crippen molar-refractivity contribution in [2.75, 3.05) is 0 Å². The van der Waals surface area contributed by atoms with Crippen molar-refractivity contribution in [3.63, 3.8) is 0 Å². The SMILES string of the molecule is CC(C)[C@@H](C)C=C[C@@H](C)[C@H]1CC[C@H]2C3=CC=C4CCCC[C@]4(C)C3=CC[C@]12C. The highest BCUT2D eigenvalue weighted by atomic mass is 14.6. The zero-order valence-corrected chi connectivity index (χ0v) is 19.2. The van der Waals surface area contributed by atoms with Crippen LogP contribution in [0.5, 0.6) is 0 Å². The summed E-state index contributed by atoms with van der Waals surface area (Å²) in [6.07, 6.45) is 22.3. The van der Waals surface area contributed by atoms with Crippen LogP contribution < -0.4 is 0 Å². The van der Waals surface area contributed by atoms with E-state index >= 15 is 0 Å². The van der Waals surface area contributed by atoms with Crippen molar-refractivity contribution < 1.29 is 0 Å². The van der Waals surface area contributed by atoms with Gasteiger partial charge in [-0.25, -0.2) is 0 Å². The maximum Gasteiger partial charge on any atom is 0.0136 e. The normalized spacial score (nSPS) is 39.6. The number of hydrogen-bond acceptors (Lipinski definition) is 0. The maximum atomic E-state index is 2.69. The Labute approximate surface area is 174 Å². The molecule has 0 saturated heterocycles. The van der Waals surface area contributed by atoms with Crippen LogP contribution in [-0.4, -0.2) is 0 Å². The average Bonchev–Trinajstić information content (AvgIpc) is 3.02. The largest absolute Gasteiger partial charge is 0.0852 e. The number of rotatable bonds is 4. The van der Waals surface area contributed by atoms with Crippen LogP contribution in [0.25, 0.3) is 0 Å². The minimum atomic E-state index is 0.347. The molecule has 0 nitrogen and oxygen atoms in total. The van der Waals surface area contributed by atoms with Gasteiger partial charge in [-0.05, 0) is 84.7 Å². The van der Waals surface area contributed by atoms with Crippen LogP contribution in [0.2, 0.25) is 0 Å². The van der Waals surface area contributed by atoms with E-state index in [-0.39, 0.29) is 0 Å². The van der Waals surface area contributed by atoms with Gasteiger partial charge in [0, 0.05) is 5.41 Å². The zero-order chi connectivity index (χ0) is 20.1. The molecule has 4 aliphatic carbocycles. The van der Waals surface area contributed by atoms with Gasteiger partial charge < -0.3 is 0 Å². The first-order valence-electron chi connectivity index (χ1n) is 12.1. The highest BCUT2D eigenvalue weighted by Crippen LogP contribution is 2.63. The molecule has 0 aliphatic heterocycles. The molecule has 0 heterocycles. The van der Waals surface area contributed by atoms with E-state index in [0.29, 0.717) is 22.7 Å². The van der Waals surface area contributed by atoms with Crippen molar-refractivity contribution in [2.45, 2.75) is 86.5 Å². The lowest BCUT2D eigenvalue weighted by Crippen LogP contribution is -2.39. The van der Waals surface area contributed by atoms with Crippen molar-refractivity contribution in [2.24, 2.45) is 40.4 Å². The summed E-state index contributed by atoms with van der Waals surface area (Å²) in [5.74, 6) is 3.69. The minimum Gasteiger partial charge on any atom is -0.0852 e. The summed E-state index contributed by atoms with van der Waals surface area (Å²) in [6.45, 7) is 14.7. The minimum absolute atomic E-state index is 0.347. The second kappa shape index (κ2) is 7.33. The van der Waals surface area contributed by atoms with E-state index in [1.807, 2.05) is 0 Å². The second-order valence-electron chi connectivity index (χ2n) is 11.3. The van der Waals surface area contributed by atoms with E-state index < -0.39 is 0 Å². The molecule has 0 aromatic heterocycles. The highest BCUT2D eigenvalue weighted by molar-refractivity contribution is 5.53. The van der Waals surface area contributed by atoms with E-state index in [4.69, 9.17) is 0 Å². The fourth-order valence-corrected chi connectivity index (χ4v) is 7.01. The molecule has 0 amide bonds. The molecule has 2 saturated carbocycles. The van der Waals surface area contributed by atoms with E-state index in [2.05, 4.69) is 71.9 Å². The Kier molecular flexibility index (Phi) is 5.30. The molecule has 154 valence electrons. The fraction of sp³-hybridized carbons (Fsp3) is 0.714. The molecule has 4 aliphatic rings. The molecule has 0 spiro atoms. The van der Waals surface area contributed by atoms with Gasteiger partial charge in [-0.15, -0.1) is 0 Å². The van der Waals surface area contributed by atoms with E-state index in [1.54, 1.807) is 16.7 Å². The van der Waals surface area contributed by atoms with Crippen molar-refractivity contribution in [1.29, 1.82) is 0 Å². The summed E-state index contributed by atoms with van der Waals surface area (Å²) < 4.78 is 0. The van der Waals surface area contributed by atoms with Crippen LogP contribution in [0.4, 0.5) is 0 Å². The Morgan fingerprint density at radius 2 is 1.79 bits per heavy atom. The van der Waals surface area contributed by atoms with Crippen LogP contribution >= 0.6 is 0 Å². The standard InChI is InChI=1S/C28H42/c1-19(2)20(3)10-11-21(4)24-14-15-25-23-13-12-22-9-7-8-17-27(22,5)26(23)16-18-28(24,25)6/h10-13,16,19-21,24-25H,7-9,14-15,17-18H2,1-6H3/t20-,21+,24+,25-,27-,28+/m0/s1. The van der Waals surface area contributed by atoms with Gasteiger partial charge in [-0.1, -0.05) is 83.9 Å². The number of fused-ring (bicyclic) bond motifs is 5. The molecule has 6 atom stereocenters. The summed E-state index contributed by atoms with van der Waals surface area (Å²) >= 11 is 0. The Balaban J connectivity index is 1.60. The van der Waals surface area contributed by atoms with E-state index in [0.717, 1.165) is 17.8 Å². The lowest BCUT2D eigenvalue weighted by atomic mass is 9.54. The van der Waals surface area contributed by atoms with Crippen LogP contribution in [0.3, 0.4) is 0 Å². The van der Waals surface area contributed by atoms with Gasteiger partial charge in [0.2, 0.25) is 0 Å². The Morgan fingerprint density at radius 1 is 1.00 bits per heavy atom. The second-order valence-corrected chi connectivity index (χ2v) is 11.3. The molecule has 0 radical (unpaired) electrons. The fourth-order valence-electron chi connectivity index (χ4n) is 7.01. The highest BCUT2D eigenvalue weighted by Gasteiger charge is 2.53. The quantitative estimate of drug-likeness (QED) is 0.432. The summed E-state index contributed by atoms with van der Waals surface area (Å²) in [6, 6.07) is 0. The topological polar surface area (TPSA) is 0 Å². The lowest BCUT2D eigenvalue weighted by molar-refractivity contribution is 0.141. The van der Waals surface area contributed by atoms with Gasteiger partial charge in [0.15, 0.2) is 0 Å². The Bertz CT molecular complexity index is 729. The summed E-state index contributed by atoms with van der Waals surface area (Å²) in [4.78, 5) is 0. The third-order valence-electron chi connectivity index (χ3n) is 9.39. The van der Waals surface area contributed by atoms with Crippen LogP contribution in [-0.2, 0) is 0 Å². The predicted octanol–water partition coefficient (Wildman–Crippen LogP) is 8.28. The zero-order valence-electron chi connectivity index (χ0n) is 19.2. The van der Waals surface area contributed by atoms with Gasteiger partial charge in [0.05, 0.1) is 0 Å². The van der Waals surface area contributed by atoms with Gasteiger partial charge in [0.25, 0.3) is 0 Å².